The Bertz CT molecular complexity index is 1490. The van der Waals surface area contributed by atoms with E-state index < -0.39 is 27.5 Å². The number of Topliss-reactive ketones (excluding diaryl/α,β-unsaturated/α-hetero) is 1. The predicted octanol–water partition coefficient (Wildman–Crippen LogP) is 3.59. The summed E-state index contributed by atoms with van der Waals surface area (Å²) in [6.07, 6.45) is -2.49. The number of rotatable bonds is 5. The van der Waals surface area contributed by atoms with E-state index in [1.165, 1.54) is 59.5 Å². The fourth-order valence-electron chi connectivity index (χ4n) is 5.42. The number of likely N-dealkylation sites (N-methyl/N-ethyl adjacent to an activating group) is 1. The van der Waals surface area contributed by atoms with E-state index in [2.05, 4.69) is 9.88 Å². The molecule has 39 heavy (non-hydrogen) atoms. The lowest BCUT2D eigenvalue weighted by atomic mass is 9.81. The highest BCUT2D eigenvalue weighted by Gasteiger charge is 2.48. The number of ketones is 1. The lowest BCUT2D eigenvalue weighted by molar-refractivity contribution is -0.0892. The summed E-state index contributed by atoms with van der Waals surface area (Å²) in [4.78, 5) is 33.0. The van der Waals surface area contributed by atoms with E-state index in [1.54, 1.807) is 16.3 Å². The zero-order chi connectivity index (χ0) is 28.2. The van der Waals surface area contributed by atoms with Crippen LogP contribution in [0.25, 0.3) is 0 Å². The summed E-state index contributed by atoms with van der Waals surface area (Å²) in [5.74, 6) is -2.12. The first kappa shape index (κ1) is 27.3. The van der Waals surface area contributed by atoms with Crippen LogP contribution >= 0.6 is 11.3 Å². The van der Waals surface area contributed by atoms with Crippen LogP contribution in [0.2, 0.25) is 0 Å². The maximum absolute atomic E-state index is 13.3. The van der Waals surface area contributed by atoms with Gasteiger partial charge in [0, 0.05) is 56.1 Å². The van der Waals surface area contributed by atoms with Crippen LogP contribution in [-0.4, -0.2) is 79.4 Å². The highest BCUT2D eigenvalue weighted by atomic mass is 32.2. The average Bonchev–Trinajstić information content (AvgIpc) is 3.60. The fraction of sp³-hybridized carbons (Fsp3) is 0.400. The molecule has 0 radical (unpaired) electrons. The number of piperidine rings is 1. The first-order valence-corrected chi connectivity index (χ1v) is 14.5. The maximum atomic E-state index is 13.3. The van der Waals surface area contributed by atoms with Crippen molar-refractivity contribution in [2.24, 2.45) is 0 Å². The minimum atomic E-state index is -4.95. The molecule has 2 aliphatic heterocycles. The molecule has 1 saturated heterocycles. The van der Waals surface area contributed by atoms with Crippen molar-refractivity contribution in [1.82, 2.24) is 19.4 Å². The number of benzene rings is 1. The topological polar surface area (TPSA) is 95.8 Å². The van der Waals surface area contributed by atoms with E-state index >= 15 is 0 Å². The van der Waals surface area contributed by atoms with Gasteiger partial charge in [-0.05, 0) is 56.3 Å². The number of nitrogens with zero attached hydrogens (tertiary/aromatic N) is 5. The molecule has 1 amide bonds. The van der Waals surface area contributed by atoms with E-state index in [4.69, 9.17) is 0 Å². The number of amides is 1. The Kier molecular flexibility index (Phi) is 6.84. The number of carbonyl (C=O) groups excluding carboxylic acids is 2. The SMILES string of the molecule is CN1CCn2c(C(=O)C(F)(F)F)ccc2C12CCN(C(=O)c1ccc(S(=O)(=O)N(C)c3nccs3)cc1)CC2. The van der Waals surface area contributed by atoms with Gasteiger partial charge in [-0.2, -0.15) is 13.2 Å². The lowest BCUT2D eigenvalue weighted by Gasteiger charge is -2.50. The summed E-state index contributed by atoms with van der Waals surface area (Å²) in [5, 5.41) is 2.00. The van der Waals surface area contributed by atoms with E-state index in [9.17, 15) is 31.2 Å². The van der Waals surface area contributed by atoms with Crippen molar-refractivity contribution in [1.29, 1.82) is 0 Å². The van der Waals surface area contributed by atoms with Crippen LogP contribution in [0.15, 0.2) is 52.9 Å². The van der Waals surface area contributed by atoms with Gasteiger partial charge in [0.25, 0.3) is 21.7 Å². The van der Waals surface area contributed by atoms with Gasteiger partial charge in [0.15, 0.2) is 5.13 Å². The van der Waals surface area contributed by atoms with Crippen LogP contribution in [0.4, 0.5) is 18.3 Å². The molecule has 5 rings (SSSR count). The molecule has 1 fully saturated rings. The number of thiazole rings is 1. The Morgan fingerprint density at radius 3 is 2.28 bits per heavy atom. The van der Waals surface area contributed by atoms with Crippen LogP contribution in [0, 0.1) is 0 Å². The summed E-state index contributed by atoms with van der Waals surface area (Å²) >= 11 is 1.19. The summed E-state index contributed by atoms with van der Waals surface area (Å²) in [6, 6.07) is 8.56. The van der Waals surface area contributed by atoms with Crippen molar-refractivity contribution >= 4 is 38.2 Å². The third-order valence-electron chi connectivity index (χ3n) is 7.66. The van der Waals surface area contributed by atoms with E-state index in [1.807, 2.05) is 7.05 Å². The number of halogens is 3. The number of anilines is 1. The van der Waals surface area contributed by atoms with Crippen LogP contribution < -0.4 is 4.31 Å². The van der Waals surface area contributed by atoms with Gasteiger partial charge in [0.05, 0.1) is 16.1 Å². The largest absolute Gasteiger partial charge is 0.456 e. The van der Waals surface area contributed by atoms with Crippen LogP contribution in [0.3, 0.4) is 0 Å². The van der Waals surface area contributed by atoms with Gasteiger partial charge >= 0.3 is 6.18 Å². The number of likely N-dealkylation sites (tertiary alicyclic amines) is 1. The van der Waals surface area contributed by atoms with Crippen LogP contribution in [0.1, 0.15) is 39.4 Å². The van der Waals surface area contributed by atoms with Crippen molar-refractivity contribution in [2.75, 3.05) is 38.0 Å². The fourth-order valence-corrected chi connectivity index (χ4v) is 7.41. The second kappa shape index (κ2) is 9.75. The number of hydrogen-bond acceptors (Lipinski definition) is 7. The number of carbonyl (C=O) groups is 2. The monoisotopic (exact) mass is 581 g/mol. The molecule has 14 heteroatoms. The highest BCUT2D eigenvalue weighted by Crippen LogP contribution is 2.42. The molecule has 4 heterocycles. The summed E-state index contributed by atoms with van der Waals surface area (Å²) in [6.45, 7) is 1.44. The van der Waals surface area contributed by atoms with Gasteiger partial charge in [-0.3, -0.25) is 14.5 Å². The zero-order valence-electron chi connectivity index (χ0n) is 21.2. The van der Waals surface area contributed by atoms with Crippen molar-refractivity contribution in [2.45, 2.75) is 36.0 Å². The molecular weight excluding hydrogens is 555 g/mol. The van der Waals surface area contributed by atoms with Crippen molar-refractivity contribution in [3.05, 3.63) is 64.9 Å². The van der Waals surface area contributed by atoms with Gasteiger partial charge in [-0.15, -0.1) is 11.3 Å². The minimum absolute atomic E-state index is 0.0307. The third kappa shape index (κ3) is 4.63. The molecule has 0 bridgehead atoms. The third-order valence-corrected chi connectivity index (χ3v) is 10.4. The van der Waals surface area contributed by atoms with E-state index in [-0.39, 0.29) is 23.0 Å². The highest BCUT2D eigenvalue weighted by molar-refractivity contribution is 7.93. The molecule has 0 unspecified atom stereocenters. The summed E-state index contributed by atoms with van der Waals surface area (Å²) in [5.41, 5.74) is 0.0199. The second-order valence-electron chi connectivity index (χ2n) is 9.64. The molecule has 1 spiro atoms. The first-order chi connectivity index (χ1) is 18.4. The van der Waals surface area contributed by atoms with E-state index in [0.29, 0.717) is 48.9 Å². The first-order valence-electron chi connectivity index (χ1n) is 12.2. The lowest BCUT2D eigenvalue weighted by Crippen LogP contribution is -2.56. The van der Waals surface area contributed by atoms with Gasteiger partial charge in [0.1, 0.15) is 0 Å². The van der Waals surface area contributed by atoms with Crippen molar-refractivity contribution in [3.63, 3.8) is 0 Å². The molecule has 0 N–H and O–H groups in total. The van der Waals surface area contributed by atoms with Gasteiger partial charge in [-0.25, -0.2) is 17.7 Å². The number of sulfonamides is 1. The normalized spacial score (nSPS) is 17.7. The number of hydrogen-bond donors (Lipinski definition) is 0. The average molecular weight is 582 g/mol. The summed E-state index contributed by atoms with van der Waals surface area (Å²) in [7, 11) is -0.524. The Labute approximate surface area is 227 Å². The second-order valence-corrected chi connectivity index (χ2v) is 12.5. The van der Waals surface area contributed by atoms with Crippen molar-refractivity contribution < 1.29 is 31.2 Å². The minimum Gasteiger partial charge on any atom is -0.339 e. The maximum Gasteiger partial charge on any atom is 0.456 e. The smallest absolute Gasteiger partial charge is 0.339 e. The Hall–Kier alpha value is -3.23. The Morgan fingerprint density at radius 1 is 1.03 bits per heavy atom. The standard InChI is InChI=1S/C25H26F3N5O4S2/c1-30-14-15-33-19(21(34)25(26,27)28)7-8-20(33)24(30)9-12-32(13-10-24)22(35)17-3-5-18(6-4-17)39(36,37)31(2)23-29-11-16-38-23/h3-8,11,16H,9-10,12-15H2,1-2H3. The number of fused-ring (bicyclic) bond motifs is 2. The van der Waals surface area contributed by atoms with Crippen LogP contribution in [-0.2, 0) is 22.1 Å². The molecule has 208 valence electrons. The van der Waals surface area contributed by atoms with Gasteiger partial charge in [-0.1, -0.05) is 0 Å². The quantitative estimate of drug-likeness (QED) is 0.428. The Morgan fingerprint density at radius 2 is 1.69 bits per heavy atom. The van der Waals surface area contributed by atoms with Gasteiger partial charge < -0.3 is 9.47 Å². The number of alkyl halides is 3. The Balaban J connectivity index is 1.31. The molecule has 2 aliphatic rings. The molecule has 0 aliphatic carbocycles. The molecular formula is C25H26F3N5O4S2. The molecule has 9 nitrogen and oxygen atoms in total. The van der Waals surface area contributed by atoms with E-state index in [0.717, 1.165) is 4.31 Å². The molecule has 1 aromatic carbocycles. The number of aromatic nitrogens is 2. The summed E-state index contributed by atoms with van der Waals surface area (Å²) < 4.78 is 67.8. The van der Waals surface area contributed by atoms with Gasteiger partial charge in [0.2, 0.25) is 0 Å². The predicted molar refractivity (Wildman–Crippen MR) is 138 cm³/mol. The van der Waals surface area contributed by atoms with Crippen molar-refractivity contribution in [3.8, 4) is 0 Å². The van der Waals surface area contributed by atoms with Crippen LogP contribution in [0.5, 0.6) is 0 Å². The molecule has 2 aromatic heterocycles. The molecule has 0 atom stereocenters. The molecule has 3 aromatic rings. The molecule has 0 saturated carbocycles. The zero-order valence-corrected chi connectivity index (χ0v) is 22.8.